The van der Waals surface area contributed by atoms with Crippen molar-refractivity contribution in [2.24, 2.45) is 0 Å². The van der Waals surface area contributed by atoms with Gasteiger partial charge in [-0.25, -0.2) is 4.79 Å². The molecule has 0 bridgehead atoms. The zero-order chi connectivity index (χ0) is 33.7. The Morgan fingerprint density at radius 3 is 2.25 bits per heavy atom. The van der Waals surface area contributed by atoms with Crippen LogP contribution in [0.25, 0.3) is 16.8 Å². The molecular formula is C39H35N3O5S. The summed E-state index contributed by atoms with van der Waals surface area (Å²) in [5.41, 5.74) is 2.78. The monoisotopic (exact) mass is 657 g/mol. The lowest BCUT2D eigenvalue weighted by molar-refractivity contribution is -0.114. The van der Waals surface area contributed by atoms with Crippen molar-refractivity contribution in [1.82, 2.24) is 5.32 Å². The Labute approximate surface area is 283 Å². The van der Waals surface area contributed by atoms with Crippen LogP contribution in [-0.4, -0.2) is 36.1 Å². The van der Waals surface area contributed by atoms with E-state index in [4.69, 9.17) is 4.74 Å². The smallest absolute Gasteiger partial charge is 0.338 e. The summed E-state index contributed by atoms with van der Waals surface area (Å²) in [6, 6.07) is 36.0. The zero-order valence-corrected chi connectivity index (χ0v) is 27.2. The molecule has 5 aromatic carbocycles. The van der Waals surface area contributed by atoms with Gasteiger partial charge in [0.05, 0.1) is 17.9 Å². The second-order valence-electron chi connectivity index (χ2n) is 10.8. The van der Waals surface area contributed by atoms with Crippen LogP contribution in [0.2, 0.25) is 0 Å². The molecule has 0 atom stereocenters. The third-order valence-corrected chi connectivity index (χ3v) is 8.24. The van der Waals surface area contributed by atoms with Crippen LogP contribution in [0.4, 0.5) is 11.4 Å². The van der Waals surface area contributed by atoms with E-state index in [0.717, 1.165) is 34.1 Å². The first-order valence-electron chi connectivity index (χ1n) is 15.6. The van der Waals surface area contributed by atoms with Crippen molar-refractivity contribution in [2.75, 3.05) is 23.0 Å². The Bertz CT molecular complexity index is 1940. The number of rotatable bonds is 13. The van der Waals surface area contributed by atoms with Crippen LogP contribution >= 0.6 is 11.8 Å². The average Bonchev–Trinajstić information content (AvgIpc) is 3.11. The molecule has 0 aliphatic carbocycles. The lowest BCUT2D eigenvalue weighted by Crippen LogP contribution is -2.30. The van der Waals surface area contributed by atoms with Gasteiger partial charge in [-0.15, -0.1) is 11.8 Å². The van der Waals surface area contributed by atoms with Gasteiger partial charge in [0.15, 0.2) is 0 Å². The van der Waals surface area contributed by atoms with Crippen molar-refractivity contribution >= 4 is 63.7 Å². The highest BCUT2D eigenvalue weighted by Gasteiger charge is 2.16. The average molecular weight is 658 g/mol. The molecule has 3 amide bonds. The van der Waals surface area contributed by atoms with E-state index in [1.54, 1.807) is 72.8 Å². The number of hydrogen-bond acceptors (Lipinski definition) is 6. The molecule has 0 unspecified atom stereocenters. The normalized spacial score (nSPS) is 11.1. The number of carbonyl (C=O) groups excluding carboxylic acids is 4. The number of nitrogens with one attached hydrogen (secondary N) is 3. The quantitative estimate of drug-likeness (QED) is 0.0513. The zero-order valence-electron chi connectivity index (χ0n) is 26.4. The Kier molecular flexibility index (Phi) is 11.8. The van der Waals surface area contributed by atoms with Gasteiger partial charge in [-0.05, 0) is 83.4 Å². The molecule has 242 valence electrons. The Hall–Kier alpha value is -5.67. The van der Waals surface area contributed by atoms with Gasteiger partial charge in [0.25, 0.3) is 11.8 Å². The predicted molar refractivity (Wildman–Crippen MR) is 192 cm³/mol. The number of esters is 1. The fourth-order valence-electron chi connectivity index (χ4n) is 4.76. The summed E-state index contributed by atoms with van der Waals surface area (Å²) in [5, 5.41) is 10.5. The molecule has 5 rings (SSSR count). The van der Waals surface area contributed by atoms with Crippen LogP contribution in [0.1, 0.15) is 46.0 Å². The van der Waals surface area contributed by atoms with Crippen molar-refractivity contribution in [3.8, 4) is 0 Å². The van der Waals surface area contributed by atoms with Crippen molar-refractivity contribution in [3.05, 3.63) is 144 Å². The van der Waals surface area contributed by atoms with E-state index in [0.29, 0.717) is 29.1 Å². The maximum atomic E-state index is 13.6. The second-order valence-corrected chi connectivity index (χ2v) is 11.9. The van der Waals surface area contributed by atoms with Crippen LogP contribution in [0.5, 0.6) is 0 Å². The molecule has 5 aromatic rings. The third-order valence-electron chi connectivity index (χ3n) is 7.25. The summed E-state index contributed by atoms with van der Waals surface area (Å²) in [4.78, 5) is 52.3. The molecule has 0 aliphatic heterocycles. The van der Waals surface area contributed by atoms with E-state index in [9.17, 15) is 19.2 Å². The second kappa shape index (κ2) is 16.8. The van der Waals surface area contributed by atoms with E-state index < -0.39 is 17.8 Å². The number of ether oxygens (including phenoxy) is 1. The van der Waals surface area contributed by atoms with Gasteiger partial charge < -0.3 is 20.7 Å². The third kappa shape index (κ3) is 9.43. The number of thioether (sulfide) groups is 1. The standard InChI is InChI=1S/C39H35N3O5S/c1-2-3-23-47-39(46)29-19-21-31(22-20-29)40-36(43)26-48-33-17-10-16-32(25-33)41-38(45)35(42-37(44)28-12-5-4-6-13-28)24-30-15-9-14-27-11-7-8-18-34(27)30/h4-22,24-25H,2-3,23,26H2,1H3,(H,40,43)(H,41,45)(H,42,44)/b35-24+. The Morgan fingerprint density at radius 2 is 1.46 bits per heavy atom. The minimum atomic E-state index is -0.496. The number of carbonyl (C=O) groups is 4. The molecule has 0 aliphatic rings. The summed E-state index contributed by atoms with van der Waals surface area (Å²) in [7, 11) is 0. The first kappa shape index (κ1) is 33.7. The molecule has 0 radical (unpaired) electrons. The summed E-state index contributed by atoms with van der Waals surface area (Å²) in [6.45, 7) is 2.40. The van der Waals surface area contributed by atoms with E-state index in [-0.39, 0.29) is 17.4 Å². The molecule has 0 aromatic heterocycles. The number of amides is 3. The lowest BCUT2D eigenvalue weighted by atomic mass is 10.0. The molecular weight excluding hydrogens is 623 g/mol. The Balaban J connectivity index is 1.24. The maximum absolute atomic E-state index is 13.6. The van der Waals surface area contributed by atoms with Crippen LogP contribution in [0.15, 0.2) is 132 Å². The minimum absolute atomic E-state index is 0.0814. The van der Waals surface area contributed by atoms with Gasteiger partial charge >= 0.3 is 5.97 Å². The highest BCUT2D eigenvalue weighted by molar-refractivity contribution is 8.00. The highest BCUT2D eigenvalue weighted by Crippen LogP contribution is 2.24. The predicted octanol–water partition coefficient (Wildman–Crippen LogP) is 7.94. The largest absolute Gasteiger partial charge is 0.462 e. The van der Waals surface area contributed by atoms with Crippen molar-refractivity contribution in [2.45, 2.75) is 24.7 Å². The fraction of sp³-hybridized carbons (Fsp3) is 0.128. The van der Waals surface area contributed by atoms with E-state index in [1.807, 2.05) is 61.5 Å². The summed E-state index contributed by atoms with van der Waals surface area (Å²) >= 11 is 1.31. The van der Waals surface area contributed by atoms with Gasteiger partial charge in [-0.3, -0.25) is 14.4 Å². The minimum Gasteiger partial charge on any atom is -0.462 e. The summed E-state index contributed by atoms with van der Waals surface area (Å²) in [6.07, 6.45) is 3.42. The van der Waals surface area contributed by atoms with Gasteiger partial charge in [0, 0.05) is 21.8 Å². The summed E-state index contributed by atoms with van der Waals surface area (Å²) < 4.78 is 5.22. The molecule has 0 saturated heterocycles. The first-order valence-corrected chi connectivity index (χ1v) is 16.6. The summed E-state index contributed by atoms with van der Waals surface area (Å²) in [5.74, 6) is -1.40. The van der Waals surface area contributed by atoms with Crippen LogP contribution < -0.4 is 16.0 Å². The van der Waals surface area contributed by atoms with Crippen molar-refractivity contribution in [1.29, 1.82) is 0 Å². The molecule has 0 fully saturated rings. The molecule has 3 N–H and O–H groups in total. The fourth-order valence-corrected chi connectivity index (χ4v) is 5.52. The highest BCUT2D eigenvalue weighted by atomic mass is 32.2. The molecule has 0 heterocycles. The lowest BCUT2D eigenvalue weighted by Gasteiger charge is -2.13. The molecule has 0 spiro atoms. The Morgan fingerprint density at radius 1 is 0.729 bits per heavy atom. The topological polar surface area (TPSA) is 114 Å². The van der Waals surface area contributed by atoms with E-state index in [1.165, 1.54) is 11.8 Å². The number of hydrogen-bond donors (Lipinski definition) is 3. The SMILES string of the molecule is CCCCOC(=O)c1ccc(NC(=O)CSc2cccc(NC(=O)/C(=C\c3cccc4ccccc34)NC(=O)c3ccccc3)c2)cc1. The van der Waals surface area contributed by atoms with Crippen molar-refractivity contribution in [3.63, 3.8) is 0 Å². The number of fused-ring (bicyclic) bond motifs is 1. The molecule has 48 heavy (non-hydrogen) atoms. The van der Waals surface area contributed by atoms with Gasteiger partial charge in [0.1, 0.15) is 5.70 Å². The van der Waals surface area contributed by atoms with E-state index in [2.05, 4.69) is 16.0 Å². The van der Waals surface area contributed by atoms with Crippen LogP contribution in [0.3, 0.4) is 0 Å². The van der Waals surface area contributed by atoms with Gasteiger partial charge in [0.2, 0.25) is 5.91 Å². The van der Waals surface area contributed by atoms with Crippen molar-refractivity contribution < 1.29 is 23.9 Å². The van der Waals surface area contributed by atoms with Crippen LogP contribution in [0, 0.1) is 0 Å². The number of unbranched alkanes of at least 4 members (excludes halogenated alkanes) is 1. The first-order chi connectivity index (χ1) is 23.4. The number of anilines is 2. The van der Waals surface area contributed by atoms with Gasteiger partial charge in [-0.1, -0.05) is 80.1 Å². The molecule has 8 nitrogen and oxygen atoms in total. The number of benzene rings is 5. The molecule has 0 saturated carbocycles. The van der Waals surface area contributed by atoms with Gasteiger partial charge in [-0.2, -0.15) is 0 Å². The van der Waals surface area contributed by atoms with Crippen LogP contribution in [-0.2, 0) is 14.3 Å². The van der Waals surface area contributed by atoms with E-state index >= 15 is 0 Å². The maximum Gasteiger partial charge on any atom is 0.338 e. The molecule has 9 heteroatoms.